The maximum absolute atomic E-state index is 13.2. The first-order valence-corrected chi connectivity index (χ1v) is 9.84. The quantitative estimate of drug-likeness (QED) is 0.312. The van der Waals surface area contributed by atoms with Crippen molar-refractivity contribution in [1.82, 2.24) is 34.8 Å². The Bertz CT molecular complexity index is 1340. The van der Waals surface area contributed by atoms with Gasteiger partial charge in [-0.25, -0.2) is 4.98 Å². The van der Waals surface area contributed by atoms with Gasteiger partial charge in [-0.05, 0) is 24.3 Å². The van der Waals surface area contributed by atoms with Crippen LogP contribution in [0.1, 0.15) is 16.1 Å². The van der Waals surface area contributed by atoms with Gasteiger partial charge < -0.3 is 10.3 Å². The predicted molar refractivity (Wildman–Crippen MR) is 112 cm³/mol. The number of nitrogens with one attached hydrogen (secondary N) is 2. The van der Waals surface area contributed by atoms with E-state index in [9.17, 15) is 28.1 Å². The number of nitro groups is 1. The number of carbonyl (C=O) groups is 1. The second kappa shape index (κ2) is 8.80. The number of nitrogens with zero attached hydrogens (tertiary/aromatic N) is 6. The summed E-state index contributed by atoms with van der Waals surface area (Å²) in [6, 6.07) is 5.81. The summed E-state index contributed by atoms with van der Waals surface area (Å²) in [5.74, 6) is -0.404. The van der Waals surface area contributed by atoms with Gasteiger partial charge in [0.05, 0.1) is 41.1 Å². The Hall–Kier alpha value is -4.49. The van der Waals surface area contributed by atoms with E-state index in [2.05, 4.69) is 25.5 Å². The number of hydrogen-bond donors (Lipinski definition) is 2. The van der Waals surface area contributed by atoms with Crippen LogP contribution in [0.4, 0.5) is 18.9 Å². The van der Waals surface area contributed by atoms with Crippen LogP contribution in [0.2, 0.25) is 0 Å². The van der Waals surface area contributed by atoms with Crippen LogP contribution in [-0.4, -0.2) is 46.9 Å². The molecule has 1 aromatic carbocycles. The summed E-state index contributed by atoms with van der Waals surface area (Å²) in [5, 5.41) is 22.0. The van der Waals surface area contributed by atoms with E-state index in [4.69, 9.17) is 0 Å². The highest BCUT2D eigenvalue weighted by atomic mass is 19.4. The highest BCUT2D eigenvalue weighted by molar-refractivity contribution is 5.93. The van der Waals surface area contributed by atoms with E-state index < -0.39 is 28.3 Å². The summed E-state index contributed by atoms with van der Waals surface area (Å²) in [6.45, 7) is 0.426. The number of rotatable bonds is 7. The third-order valence-corrected chi connectivity index (χ3v) is 4.95. The average Bonchev–Trinajstić information content (AvgIpc) is 3.53. The molecule has 0 saturated carbocycles. The number of hydrogen-bond acceptors (Lipinski definition) is 6. The van der Waals surface area contributed by atoms with Crippen LogP contribution in [0.3, 0.4) is 0 Å². The summed E-state index contributed by atoms with van der Waals surface area (Å²) in [6.07, 6.45) is -0.223. The fraction of sp³-hybridized carbons (Fsp3) is 0.200. The Morgan fingerprint density at radius 3 is 2.71 bits per heavy atom. The molecule has 0 saturated heterocycles. The van der Waals surface area contributed by atoms with Crippen LogP contribution >= 0.6 is 0 Å². The van der Waals surface area contributed by atoms with Crippen LogP contribution in [0.25, 0.3) is 22.6 Å². The Balaban J connectivity index is 1.41. The molecule has 0 aliphatic rings. The molecule has 0 fully saturated rings. The molecule has 176 valence electrons. The zero-order chi connectivity index (χ0) is 24.5. The van der Waals surface area contributed by atoms with Crippen LogP contribution in [-0.2, 0) is 19.8 Å². The van der Waals surface area contributed by atoms with Gasteiger partial charge in [0.1, 0.15) is 5.56 Å². The largest absolute Gasteiger partial charge is 0.423 e. The number of alkyl halides is 3. The van der Waals surface area contributed by atoms with Gasteiger partial charge in [0.15, 0.2) is 5.69 Å². The van der Waals surface area contributed by atoms with Gasteiger partial charge >= 0.3 is 6.18 Å². The van der Waals surface area contributed by atoms with Crippen LogP contribution in [0, 0.1) is 10.1 Å². The molecule has 4 aromatic rings. The van der Waals surface area contributed by atoms with Gasteiger partial charge in [0.25, 0.3) is 11.6 Å². The Morgan fingerprint density at radius 2 is 2.03 bits per heavy atom. The van der Waals surface area contributed by atoms with Crippen molar-refractivity contribution < 1.29 is 22.9 Å². The van der Waals surface area contributed by atoms with Gasteiger partial charge in [0.2, 0.25) is 0 Å². The van der Waals surface area contributed by atoms with Crippen molar-refractivity contribution in [3.8, 4) is 22.6 Å². The van der Waals surface area contributed by atoms with E-state index in [-0.39, 0.29) is 30.0 Å². The van der Waals surface area contributed by atoms with E-state index in [1.54, 1.807) is 24.0 Å². The highest BCUT2D eigenvalue weighted by Crippen LogP contribution is 2.38. The Kier molecular flexibility index (Phi) is 5.88. The number of halogens is 3. The van der Waals surface area contributed by atoms with E-state index in [0.717, 1.165) is 6.07 Å². The molecular formula is C20H17F3N8O3. The third kappa shape index (κ3) is 4.65. The molecule has 0 atom stereocenters. The number of amides is 1. The van der Waals surface area contributed by atoms with E-state index in [1.165, 1.54) is 29.3 Å². The van der Waals surface area contributed by atoms with Crippen molar-refractivity contribution in [3.05, 3.63) is 70.4 Å². The Morgan fingerprint density at radius 1 is 1.24 bits per heavy atom. The van der Waals surface area contributed by atoms with Gasteiger partial charge in [-0.3, -0.25) is 24.3 Å². The predicted octanol–water partition coefficient (Wildman–Crippen LogP) is 3.03. The molecular weight excluding hydrogens is 457 g/mol. The van der Waals surface area contributed by atoms with Crippen LogP contribution < -0.4 is 5.32 Å². The molecule has 3 aromatic heterocycles. The summed E-state index contributed by atoms with van der Waals surface area (Å²) in [7, 11) is 1.70. The third-order valence-electron chi connectivity index (χ3n) is 4.95. The molecule has 0 aliphatic carbocycles. The standard InChI is InChI=1S/C20H17F3N8O3/c1-29-18(16-10-24-11-26-16)9-15(27-29)19(32)25-5-7-30-6-4-14(28-30)12-2-3-17(31(33)34)13(8-12)20(21,22)23/h2-4,6,8-11H,5,7H2,1H3,(H,24,26)(H,25,32). The highest BCUT2D eigenvalue weighted by Gasteiger charge is 2.38. The molecule has 4 rings (SSSR count). The number of aryl methyl sites for hydroxylation is 1. The number of H-pyrrole nitrogens is 1. The summed E-state index contributed by atoms with van der Waals surface area (Å²) < 4.78 is 42.6. The summed E-state index contributed by atoms with van der Waals surface area (Å²) >= 11 is 0. The first kappa shape index (κ1) is 22.7. The molecule has 0 unspecified atom stereocenters. The zero-order valence-corrected chi connectivity index (χ0v) is 17.6. The monoisotopic (exact) mass is 474 g/mol. The lowest BCUT2D eigenvalue weighted by Crippen LogP contribution is -2.27. The molecule has 0 aliphatic heterocycles. The zero-order valence-electron chi connectivity index (χ0n) is 17.6. The lowest BCUT2D eigenvalue weighted by Gasteiger charge is -2.08. The second-order valence-corrected chi connectivity index (χ2v) is 7.21. The van der Waals surface area contributed by atoms with Gasteiger partial charge in [-0.2, -0.15) is 23.4 Å². The molecule has 0 radical (unpaired) electrons. The minimum atomic E-state index is -4.88. The lowest BCUT2D eigenvalue weighted by molar-refractivity contribution is -0.388. The van der Waals surface area contributed by atoms with Gasteiger partial charge in [0, 0.05) is 31.4 Å². The molecule has 14 heteroatoms. The van der Waals surface area contributed by atoms with Crippen molar-refractivity contribution in [2.45, 2.75) is 12.7 Å². The maximum Gasteiger partial charge on any atom is 0.423 e. The molecule has 0 bridgehead atoms. The second-order valence-electron chi connectivity index (χ2n) is 7.21. The molecule has 0 spiro atoms. The van der Waals surface area contributed by atoms with Crippen LogP contribution in [0.15, 0.2) is 49.1 Å². The number of benzene rings is 1. The first-order valence-electron chi connectivity index (χ1n) is 9.84. The number of nitro benzene ring substituents is 1. The number of carbonyl (C=O) groups excluding carboxylic acids is 1. The SMILES string of the molecule is Cn1nc(C(=O)NCCn2ccc(-c3ccc([N+](=O)[O-])c(C(F)(F)F)c3)n2)cc1-c1cnc[nH]1. The minimum absolute atomic E-state index is 0.0838. The molecule has 34 heavy (non-hydrogen) atoms. The van der Waals surface area contributed by atoms with E-state index >= 15 is 0 Å². The fourth-order valence-electron chi connectivity index (χ4n) is 3.32. The molecule has 3 heterocycles. The summed E-state index contributed by atoms with van der Waals surface area (Å²) in [5.41, 5.74) is -0.482. The molecule has 1 amide bonds. The lowest BCUT2D eigenvalue weighted by atomic mass is 10.1. The molecule has 2 N–H and O–H groups in total. The van der Waals surface area contributed by atoms with Crippen molar-refractivity contribution in [2.24, 2.45) is 7.05 Å². The van der Waals surface area contributed by atoms with Gasteiger partial charge in [-0.15, -0.1) is 0 Å². The first-order chi connectivity index (χ1) is 16.1. The Labute approximate surface area is 189 Å². The van der Waals surface area contributed by atoms with Crippen LogP contribution in [0.5, 0.6) is 0 Å². The number of aromatic nitrogens is 6. The number of aromatic amines is 1. The minimum Gasteiger partial charge on any atom is -0.349 e. The number of imidazole rings is 1. The normalized spacial score (nSPS) is 11.5. The van der Waals surface area contributed by atoms with E-state index in [1.807, 2.05) is 0 Å². The maximum atomic E-state index is 13.2. The smallest absolute Gasteiger partial charge is 0.349 e. The molecule has 11 nitrogen and oxygen atoms in total. The van der Waals surface area contributed by atoms with Crippen molar-refractivity contribution in [3.63, 3.8) is 0 Å². The van der Waals surface area contributed by atoms with Crippen molar-refractivity contribution >= 4 is 11.6 Å². The average molecular weight is 474 g/mol. The summed E-state index contributed by atoms with van der Waals surface area (Å²) in [4.78, 5) is 29.1. The van der Waals surface area contributed by atoms with Crippen molar-refractivity contribution in [2.75, 3.05) is 6.54 Å². The topological polar surface area (TPSA) is 137 Å². The fourth-order valence-corrected chi connectivity index (χ4v) is 3.32. The van der Waals surface area contributed by atoms with Gasteiger partial charge in [-0.1, -0.05) is 0 Å². The van der Waals surface area contributed by atoms with Crippen molar-refractivity contribution in [1.29, 1.82) is 0 Å². The van der Waals surface area contributed by atoms with E-state index in [0.29, 0.717) is 17.5 Å².